The largest absolute Gasteiger partial charge is 0.497 e. The summed E-state index contributed by atoms with van der Waals surface area (Å²) in [5, 5.41) is -0.188. The van der Waals surface area contributed by atoms with Crippen molar-refractivity contribution in [2.24, 2.45) is 0 Å². The summed E-state index contributed by atoms with van der Waals surface area (Å²) in [6.45, 7) is 2.15. The van der Waals surface area contributed by atoms with Crippen LogP contribution in [0, 0.1) is 0 Å². The third kappa shape index (κ3) is 15.6. The van der Waals surface area contributed by atoms with Crippen molar-refractivity contribution in [1.29, 1.82) is 0 Å². The van der Waals surface area contributed by atoms with E-state index in [0.29, 0.717) is 0 Å². The average molecular weight is 449 g/mol. The highest BCUT2D eigenvalue weighted by molar-refractivity contribution is 8.00. The van der Waals surface area contributed by atoms with Crippen LogP contribution in [0.2, 0.25) is 0 Å². The number of allylic oxidation sites excluding steroid dienone is 6. The van der Waals surface area contributed by atoms with Crippen molar-refractivity contribution in [3.8, 4) is 5.75 Å². The van der Waals surface area contributed by atoms with Crippen molar-refractivity contribution in [1.82, 2.24) is 0 Å². The maximum atomic E-state index is 12.8. The van der Waals surface area contributed by atoms with Gasteiger partial charge in [-0.15, -0.1) is 11.8 Å². The topological polar surface area (TPSA) is 9.23 Å². The Morgan fingerprint density at radius 1 is 0.871 bits per heavy atom. The molecule has 0 aromatic heterocycles. The number of rotatable bonds is 17. The first-order valence-corrected chi connectivity index (χ1v) is 12.3. The lowest BCUT2D eigenvalue weighted by atomic mass is 10.1. The summed E-state index contributed by atoms with van der Waals surface area (Å²) in [4.78, 5) is 0.988. The third-order valence-corrected chi connectivity index (χ3v) is 6.02. The molecular formula is C27H38F2OS. The molecule has 0 saturated carbocycles. The van der Waals surface area contributed by atoms with Gasteiger partial charge in [-0.25, -0.2) is 0 Å². The summed E-state index contributed by atoms with van der Waals surface area (Å²) in [5.74, 6) is 0.777. The molecule has 1 atom stereocenters. The van der Waals surface area contributed by atoms with E-state index in [-0.39, 0.29) is 5.25 Å². The number of ether oxygens (including phenoxy) is 1. The zero-order valence-corrected chi connectivity index (χ0v) is 19.9. The minimum atomic E-state index is -1.59. The molecule has 1 nitrogen and oxygen atoms in total. The molecule has 1 rings (SSSR count). The molecule has 0 aliphatic carbocycles. The monoisotopic (exact) mass is 448 g/mol. The molecule has 0 heterocycles. The van der Waals surface area contributed by atoms with Gasteiger partial charge in [-0.2, -0.15) is 8.78 Å². The molecule has 0 amide bonds. The molecule has 172 valence electrons. The summed E-state index contributed by atoms with van der Waals surface area (Å²) in [7, 11) is 1.62. The van der Waals surface area contributed by atoms with Gasteiger partial charge < -0.3 is 4.74 Å². The quantitative estimate of drug-likeness (QED) is 0.133. The molecule has 0 aliphatic heterocycles. The van der Waals surface area contributed by atoms with Crippen LogP contribution in [0.4, 0.5) is 8.78 Å². The van der Waals surface area contributed by atoms with E-state index < -0.39 is 6.08 Å². The fraction of sp³-hybridized carbons (Fsp3) is 0.481. The van der Waals surface area contributed by atoms with Gasteiger partial charge in [0.1, 0.15) is 5.75 Å². The van der Waals surface area contributed by atoms with Crippen LogP contribution < -0.4 is 4.74 Å². The van der Waals surface area contributed by atoms with E-state index in [1.165, 1.54) is 31.0 Å². The molecule has 0 fully saturated rings. The van der Waals surface area contributed by atoms with Gasteiger partial charge in [0.2, 0.25) is 0 Å². The number of thioether (sulfide) groups is 1. The summed E-state index contributed by atoms with van der Waals surface area (Å²) in [6, 6.07) is 7.58. The molecule has 0 unspecified atom stereocenters. The van der Waals surface area contributed by atoms with Crippen molar-refractivity contribution < 1.29 is 13.5 Å². The molecule has 0 N–H and O–H groups in total. The van der Waals surface area contributed by atoms with E-state index in [4.69, 9.17) is 4.74 Å². The van der Waals surface area contributed by atoms with E-state index in [0.717, 1.165) is 61.7 Å². The lowest BCUT2D eigenvalue weighted by molar-refractivity contribution is 0.414. The van der Waals surface area contributed by atoms with Gasteiger partial charge in [0.15, 0.2) is 0 Å². The summed E-state index contributed by atoms with van der Waals surface area (Å²) in [5.41, 5.74) is 0. The molecule has 1 aromatic carbocycles. The van der Waals surface area contributed by atoms with Gasteiger partial charge >= 0.3 is 0 Å². The molecule has 0 saturated heterocycles. The number of unbranched alkanes of at least 4 members (excludes halogenated alkanes) is 5. The predicted molar refractivity (Wildman–Crippen MR) is 132 cm³/mol. The van der Waals surface area contributed by atoms with Crippen LogP contribution in [-0.4, -0.2) is 12.4 Å². The molecule has 0 aliphatic rings. The molecule has 1 aromatic rings. The standard InChI is InChI=1S/C27H38F2OS/c1-3-4-5-6-7-8-9-10-11-12-13-14-15-16-17-18-26(23-27(28)29)31-25-21-19-24(30-2)20-22-25/h4-5,7-8,10-11,19-23,26H,3,6,9,12-18H2,1-2H3/b5-4-,8-7-,11-10-/t26-/m1/s1. The zero-order chi connectivity index (χ0) is 22.6. The summed E-state index contributed by atoms with van der Waals surface area (Å²) < 4.78 is 30.8. The van der Waals surface area contributed by atoms with Crippen LogP contribution in [0.15, 0.2) is 77.8 Å². The number of methoxy groups -OCH3 is 1. The van der Waals surface area contributed by atoms with Crippen LogP contribution in [0.1, 0.15) is 71.1 Å². The van der Waals surface area contributed by atoms with Crippen molar-refractivity contribution in [3.05, 3.63) is 72.9 Å². The van der Waals surface area contributed by atoms with Crippen LogP contribution in [0.5, 0.6) is 5.75 Å². The third-order valence-electron chi connectivity index (χ3n) is 4.80. The Morgan fingerprint density at radius 2 is 1.48 bits per heavy atom. The Morgan fingerprint density at radius 3 is 2.13 bits per heavy atom. The fourth-order valence-corrected chi connectivity index (χ4v) is 4.21. The fourth-order valence-electron chi connectivity index (χ4n) is 3.11. The smallest absolute Gasteiger partial charge is 0.267 e. The highest BCUT2D eigenvalue weighted by atomic mass is 32.2. The van der Waals surface area contributed by atoms with Crippen LogP contribution >= 0.6 is 11.8 Å². The molecule has 31 heavy (non-hydrogen) atoms. The number of benzene rings is 1. The zero-order valence-electron chi connectivity index (χ0n) is 19.1. The molecule has 0 radical (unpaired) electrons. The number of halogens is 2. The Bertz CT molecular complexity index is 673. The van der Waals surface area contributed by atoms with Gasteiger partial charge in [0.25, 0.3) is 6.08 Å². The Balaban J connectivity index is 2.14. The lowest BCUT2D eigenvalue weighted by Gasteiger charge is -2.12. The second-order valence-electron chi connectivity index (χ2n) is 7.43. The van der Waals surface area contributed by atoms with Crippen molar-refractivity contribution in [2.75, 3.05) is 7.11 Å². The van der Waals surface area contributed by atoms with Crippen molar-refractivity contribution >= 4 is 11.8 Å². The van der Waals surface area contributed by atoms with E-state index in [1.807, 2.05) is 24.3 Å². The van der Waals surface area contributed by atoms with Gasteiger partial charge in [0, 0.05) is 10.1 Å². The molecule has 0 spiro atoms. The summed E-state index contributed by atoms with van der Waals surface area (Å²) >= 11 is 1.49. The molecule has 0 bridgehead atoms. The first kappa shape index (κ1) is 27.2. The van der Waals surface area contributed by atoms with Crippen LogP contribution in [0.3, 0.4) is 0 Å². The van der Waals surface area contributed by atoms with Gasteiger partial charge in [-0.1, -0.05) is 69.1 Å². The van der Waals surface area contributed by atoms with Crippen molar-refractivity contribution in [2.45, 2.75) is 81.3 Å². The maximum absolute atomic E-state index is 12.8. The normalized spacial score (nSPS) is 12.8. The Hall–Kier alpha value is -1.81. The van der Waals surface area contributed by atoms with E-state index >= 15 is 0 Å². The minimum Gasteiger partial charge on any atom is -0.497 e. The second-order valence-corrected chi connectivity index (χ2v) is 8.74. The molecule has 4 heteroatoms. The van der Waals surface area contributed by atoms with E-state index in [9.17, 15) is 8.78 Å². The van der Waals surface area contributed by atoms with Gasteiger partial charge in [-0.3, -0.25) is 0 Å². The minimum absolute atomic E-state index is 0.188. The lowest BCUT2D eigenvalue weighted by Crippen LogP contribution is -1.99. The second kappa shape index (κ2) is 18.9. The number of hydrogen-bond donors (Lipinski definition) is 0. The predicted octanol–water partition coefficient (Wildman–Crippen LogP) is 9.53. The molecular weight excluding hydrogens is 410 g/mol. The van der Waals surface area contributed by atoms with Crippen molar-refractivity contribution in [3.63, 3.8) is 0 Å². The Kier molecular flexibility index (Phi) is 16.6. The van der Waals surface area contributed by atoms with Gasteiger partial charge in [0.05, 0.1) is 7.11 Å². The SMILES string of the molecule is CC/C=C\C/C=C\C/C=C\CCCCCCC[C@H](C=C(F)F)Sc1ccc(OC)cc1. The van der Waals surface area contributed by atoms with Crippen LogP contribution in [0.25, 0.3) is 0 Å². The number of hydrogen-bond acceptors (Lipinski definition) is 2. The summed E-state index contributed by atoms with van der Waals surface area (Å²) in [6.07, 6.45) is 23.5. The Labute approximate surface area is 192 Å². The maximum Gasteiger partial charge on any atom is 0.267 e. The first-order chi connectivity index (χ1) is 15.2. The van der Waals surface area contributed by atoms with Gasteiger partial charge in [-0.05, 0) is 68.9 Å². The van der Waals surface area contributed by atoms with Crippen LogP contribution in [-0.2, 0) is 0 Å². The first-order valence-electron chi connectivity index (χ1n) is 11.4. The average Bonchev–Trinajstić information content (AvgIpc) is 2.76. The highest BCUT2D eigenvalue weighted by Gasteiger charge is 2.10. The van der Waals surface area contributed by atoms with E-state index in [1.54, 1.807) is 7.11 Å². The van der Waals surface area contributed by atoms with E-state index in [2.05, 4.69) is 43.4 Å². The highest BCUT2D eigenvalue weighted by Crippen LogP contribution is 2.30.